The van der Waals surface area contributed by atoms with Crippen LogP contribution < -0.4 is 0 Å². The molecular formula is C20H21N3OS. The summed E-state index contributed by atoms with van der Waals surface area (Å²) < 4.78 is 3.55. The van der Waals surface area contributed by atoms with Crippen LogP contribution in [0.3, 0.4) is 0 Å². The molecule has 4 nitrogen and oxygen atoms in total. The van der Waals surface area contributed by atoms with Gasteiger partial charge in [0.15, 0.2) is 0 Å². The first kappa shape index (κ1) is 15.1. The number of carbonyl (C=O) groups excluding carboxylic acids is 1. The minimum absolute atomic E-state index is 0.339. The Morgan fingerprint density at radius 1 is 1.28 bits per heavy atom. The van der Waals surface area contributed by atoms with Gasteiger partial charge < -0.3 is 9.47 Å². The fraction of sp³-hybridized carbons (Fsp3) is 0.400. The molecular weight excluding hydrogens is 330 g/mol. The highest BCUT2D eigenvalue weighted by Gasteiger charge is 2.39. The minimum Gasteiger partial charge on any atom is -0.339 e. The second-order valence-electron chi connectivity index (χ2n) is 7.28. The summed E-state index contributed by atoms with van der Waals surface area (Å²) in [7, 11) is 0. The molecule has 1 saturated carbocycles. The zero-order valence-corrected chi connectivity index (χ0v) is 15.1. The van der Waals surface area contributed by atoms with Gasteiger partial charge in [0.2, 0.25) is 5.91 Å². The Morgan fingerprint density at radius 2 is 2.12 bits per heavy atom. The molecule has 5 heteroatoms. The topological polar surface area (TPSA) is 38.1 Å². The van der Waals surface area contributed by atoms with Crippen LogP contribution in [0, 0.1) is 12.8 Å². The van der Waals surface area contributed by atoms with Gasteiger partial charge in [-0.2, -0.15) is 0 Å². The third-order valence-electron chi connectivity index (χ3n) is 5.39. The molecule has 2 fully saturated rings. The first-order chi connectivity index (χ1) is 12.2. The molecule has 0 radical (unpaired) electrons. The summed E-state index contributed by atoms with van der Waals surface area (Å²) >= 11 is 1.83. The van der Waals surface area contributed by atoms with E-state index in [1.165, 1.54) is 33.4 Å². The van der Waals surface area contributed by atoms with Crippen LogP contribution in [0.2, 0.25) is 0 Å². The molecule has 2 aliphatic rings. The predicted molar refractivity (Wildman–Crippen MR) is 101 cm³/mol. The van der Waals surface area contributed by atoms with Crippen molar-refractivity contribution < 1.29 is 4.79 Å². The number of rotatable bonds is 4. The number of carbonyl (C=O) groups is 1. The van der Waals surface area contributed by atoms with Crippen molar-refractivity contribution in [2.75, 3.05) is 6.54 Å². The van der Waals surface area contributed by atoms with E-state index in [1.54, 1.807) is 0 Å². The number of likely N-dealkylation sites (tertiary alicyclic amines) is 1. The highest BCUT2D eigenvalue weighted by Crippen LogP contribution is 2.38. The SMILES string of the molecule is Cc1sc2ccccc2c1-c1nccn1CC1CC(=O)N(C2CC2)C1. The minimum atomic E-state index is 0.339. The molecule has 2 aromatic heterocycles. The number of amides is 1. The van der Waals surface area contributed by atoms with Gasteiger partial charge in [-0.1, -0.05) is 18.2 Å². The first-order valence-electron chi connectivity index (χ1n) is 9.00. The molecule has 25 heavy (non-hydrogen) atoms. The van der Waals surface area contributed by atoms with E-state index >= 15 is 0 Å². The number of benzene rings is 1. The lowest BCUT2D eigenvalue weighted by molar-refractivity contribution is -0.128. The molecule has 0 N–H and O–H groups in total. The summed E-state index contributed by atoms with van der Waals surface area (Å²) in [6.45, 7) is 3.95. The highest BCUT2D eigenvalue weighted by atomic mass is 32.1. The van der Waals surface area contributed by atoms with Crippen molar-refractivity contribution in [2.45, 2.75) is 38.8 Å². The van der Waals surface area contributed by atoms with Gasteiger partial charge in [0.1, 0.15) is 5.82 Å². The molecule has 0 spiro atoms. The van der Waals surface area contributed by atoms with Gasteiger partial charge >= 0.3 is 0 Å². The molecule has 1 unspecified atom stereocenters. The normalized spacial score (nSPS) is 20.8. The lowest BCUT2D eigenvalue weighted by atomic mass is 10.1. The third-order valence-corrected chi connectivity index (χ3v) is 6.48. The molecule has 1 amide bonds. The maximum Gasteiger partial charge on any atom is 0.223 e. The third kappa shape index (κ3) is 2.58. The van der Waals surface area contributed by atoms with E-state index in [9.17, 15) is 4.79 Å². The van der Waals surface area contributed by atoms with Crippen LogP contribution in [-0.2, 0) is 11.3 Å². The average molecular weight is 351 g/mol. The fourth-order valence-corrected chi connectivity index (χ4v) is 5.14. The zero-order chi connectivity index (χ0) is 17.0. The first-order valence-corrected chi connectivity index (χ1v) is 9.81. The number of aryl methyl sites for hydroxylation is 1. The van der Waals surface area contributed by atoms with Crippen molar-refractivity contribution in [1.29, 1.82) is 0 Å². The van der Waals surface area contributed by atoms with Crippen molar-refractivity contribution in [1.82, 2.24) is 14.5 Å². The van der Waals surface area contributed by atoms with Gasteiger partial charge in [-0.25, -0.2) is 4.98 Å². The maximum atomic E-state index is 12.2. The number of hydrogen-bond acceptors (Lipinski definition) is 3. The quantitative estimate of drug-likeness (QED) is 0.710. The largest absolute Gasteiger partial charge is 0.339 e. The Bertz CT molecular complexity index is 953. The lowest BCUT2D eigenvalue weighted by Crippen LogP contribution is -2.27. The summed E-state index contributed by atoms with van der Waals surface area (Å²) in [4.78, 5) is 20.3. The van der Waals surface area contributed by atoms with E-state index in [4.69, 9.17) is 0 Å². The van der Waals surface area contributed by atoms with Crippen LogP contribution in [0.5, 0.6) is 0 Å². The van der Waals surface area contributed by atoms with Gasteiger partial charge in [-0.3, -0.25) is 4.79 Å². The summed E-state index contributed by atoms with van der Waals surface area (Å²) in [5.41, 5.74) is 1.24. The van der Waals surface area contributed by atoms with E-state index in [0.29, 0.717) is 24.3 Å². The smallest absolute Gasteiger partial charge is 0.223 e. The number of thiophene rings is 1. The molecule has 5 rings (SSSR count). The van der Waals surface area contributed by atoms with E-state index in [1.807, 2.05) is 17.5 Å². The van der Waals surface area contributed by atoms with Crippen LogP contribution in [0.1, 0.15) is 24.1 Å². The monoisotopic (exact) mass is 351 g/mol. The molecule has 1 aromatic carbocycles. The van der Waals surface area contributed by atoms with Crippen molar-refractivity contribution in [3.63, 3.8) is 0 Å². The van der Waals surface area contributed by atoms with Crippen LogP contribution in [-0.4, -0.2) is 32.9 Å². The molecule has 1 saturated heterocycles. The number of nitrogens with zero attached hydrogens (tertiary/aromatic N) is 3. The van der Waals surface area contributed by atoms with Crippen molar-refractivity contribution in [3.8, 4) is 11.4 Å². The lowest BCUT2D eigenvalue weighted by Gasteiger charge is -2.16. The molecule has 128 valence electrons. The standard InChI is InChI=1S/C20H21N3OS/c1-13-19(16-4-2-3-5-17(16)25-13)20-21-8-9-22(20)11-14-10-18(24)23(12-14)15-6-7-15/h2-5,8-9,14-15H,6-7,10-12H2,1H3. The Hall–Kier alpha value is -2.14. The Kier molecular flexibility index (Phi) is 3.45. The number of fused-ring (bicyclic) bond motifs is 1. The summed E-state index contributed by atoms with van der Waals surface area (Å²) in [5.74, 6) is 1.77. The van der Waals surface area contributed by atoms with Gasteiger partial charge in [-0.15, -0.1) is 11.3 Å². The molecule has 0 bridgehead atoms. The second-order valence-corrected chi connectivity index (χ2v) is 8.54. The van der Waals surface area contributed by atoms with Crippen LogP contribution in [0.25, 0.3) is 21.5 Å². The van der Waals surface area contributed by atoms with E-state index in [2.05, 4.69) is 51.8 Å². The Labute approximate surface area is 151 Å². The molecule has 3 heterocycles. The van der Waals surface area contributed by atoms with Crippen molar-refractivity contribution in [2.24, 2.45) is 5.92 Å². The summed E-state index contributed by atoms with van der Waals surface area (Å²) in [5, 5.41) is 1.28. The van der Waals surface area contributed by atoms with E-state index in [0.717, 1.165) is 18.9 Å². The maximum absolute atomic E-state index is 12.2. The highest BCUT2D eigenvalue weighted by molar-refractivity contribution is 7.19. The zero-order valence-electron chi connectivity index (χ0n) is 14.3. The van der Waals surface area contributed by atoms with Gasteiger partial charge in [0.05, 0.1) is 0 Å². The summed E-state index contributed by atoms with van der Waals surface area (Å²) in [6.07, 6.45) is 7.00. The van der Waals surface area contributed by atoms with Crippen molar-refractivity contribution in [3.05, 3.63) is 41.5 Å². The van der Waals surface area contributed by atoms with Crippen LogP contribution >= 0.6 is 11.3 Å². The van der Waals surface area contributed by atoms with Crippen molar-refractivity contribution >= 4 is 27.3 Å². The van der Waals surface area contributed by atoms with Gasteiger partial charge in [0.25, 0.3) is 0 Å². The number of imidazole rings is 1. The Balaban J connectivity index is 1.46. The van der Waals surface area contributed by atoms with Crippen LogP contribution in [0.15, 0.2) is 36.7 Å². The fourth-order valence-electron chi connectivity index (χ4n) is 4.08. The molecule has 1 aliphatic carbocycles. The van der Waals surface area contributed by atoms with Gasteiger partial charge in [-0.05, 0) is 25.8 Å². The molecule has 1 aliphatic heterocycles. The van der Waals surface area contributed by atoms with Crippen LogP contribution in [0.4, 0.5) is 0 Å². The summed E-state index contributed by atoms with van der Waals surface area (Å²) in [6, 6.07) is 9.07. The molecule has 3 aromatic rings. The van der Waals surface area contributed by atoms with E-state index in [-0.39, 0.29) is 0 Å². The van der Waals surface area contributed by atoms with Gasteiger partial charge in [0, 0.05) is 64.4 Å². The average Bonchev–Trinajstić information content (AvgIpc) is 3.10. The predicted octanol–water partition coefficient (Wildman–Crippen LogP) is 4.08. The molecule has 1 atom stereocenters. The second kappa shape index (κ2) is 5.70. The number of hydrogen-bond donors (Lipinski definition) is 0. The Morgan fingerprint density at radius 3 is 2.96 bits per heavy atom. The van der Waals surface area contributed by atoms with E-state index < -0.39 is 0 Å². The number of aromatic nitrogens is 2.